The van der Waals surface area contributed by atoms with E-state index in [0.29, 0.717) is 10.7 Å². The van der Waals surface area contributed by atoms with Gasteiger partial charge in [-0.1, -0.05) is 42.5 Å². The van der Waals surface area contributed by atoms with Gasteiger partial charge in [0.2, 0.25) is 0 Å². The van der Waals surface area contributed by atoms with Crippen LogP contribution in [0.5, 0.6) is 0 Å². The van der Waals surface area contributed by atoms with Crippen LogP contribution < -0.4 is 0 Å². The van der Waals surface area contributed by atoms with E-state index >= 15 is 0 Å². The van der Waals surface area contributed by atoms with Crippen LogP contribution in [0.1, 0.15) is 19.4 Å². The Bertz CT molecular complexity index is 342. The van der Waals surface area contributed by atoms with E-state index in [2.05, 4.69) is 0 Å². The van der Waals surface area contributed by atoms with E-state index in [1.54, 1.807) is 0 Å². The molecule has 1 rings (SSSR count). The molecule has 0 saturated heterocycles. The molecule has 0 aliphatic heterocycles. The Morgan fingerprint density at radius 1 is 1.20 bits per heavy atom. The summed E-state index contributed by atoms with van der Waals surface area (Å²) >= 11 is 5.28. The molecule has 0 bridgehead atoms. The van der Waals surface area contributed by atoms with Crippen LogP contribution in [-0.4, -0.2) is 28.7 Å². The summed E-state index contributed by atoms with van der Waals surface area (Å²) in [5.74, 6) is 0. The molecule has 0 aromatic heterocycles. The third-order valence-electron chi connectivity index (χ3n) is 2.33. The van der Waals surface area contributed by atoms with E-state index in [-0.39, 0.29) is 0 Å². The number of hydrogen-bond donors (Lipinski definition) is 1. The van der Waals surface area contributed by atoms with Crippen molar-refractivity contribution < 1.29 is 0 Å². The molecule has 0 radical (unpaired) electrons. The minimum absolute atomic E-state index is 0.439. The first-order chi connectivity index (χ1) is 7.20. The van der Waals surface area contributed by atoms with Crippen molar-refractivity contribution in [1.82, 2.24) is 4.90 Å². The standard InChI is InChI=1S/C12H16N2S/c1-3-14(4-2)12(15)11(13)10-8-6-5-7-9-10/h5-9,13H,3-4H2,1-2H3. The predicted molar refractivity (Wildman–Crippen MR) is 68.8 cm³/mol. The van der Waals surface area contributed by atoms with Crippen LogP contribution >= 0.6 is 12.2 Å². The molecule has 3 heteroatoms. The van der Waals surface area contributed by atoms with Crippen LogP contribution in [0, 0.1) is 5.41 Å². The predicted octanol–water partition coefficient (Wildman–Crippen LogP) is 2.72. The molecular weight excluding hydrogens is 204 g/mol. The Hall–Kier alpha value is -1.22. The summed E-state index contributed by atoms with van der Waals surface area (Å²) in [5, 5.41) is 7.99. The minimum Gasteiger partial charge on any atom is -0.362 e. The number of nitrogens with one attached hydrogen (secondary N) is 1. The molecule has 0 heterocycles. The fourth-order valence-electron chi connectivity index (χ4n) is 1.40. The number of likely N-dealkylation sites (N-methyl/N-ethyl adjacent to an activating group) is 1. The summed E-state index contributed by atoms with van der Waals surface area (Å²) in [4.78, 5) is 2.65. The molecular formula is C12H16N2S. The third kappa shape index (κ3) is 2.86. The van der Waals surface area contributed by atoms with Gasteiger partial charge < -0.3 is 4.90 Å². The molecule has 0 amide bonds. The van der Waals surface area contributed by atoms with E-state index in [9.17, 15) is 0 Å². The average Bonchev–Trinajstić information content (AvgIpc) is 2.30. The maximum atomic E-state index is 7.99. The lowest BCUT2D eigenvalue weighted by molar-refractivity contribution is 0.479. The van der Waals surface area contributed by atoms with Crippen LogP contribution in [0.25, 0.3) is 0 Å². The molecule has 1 aromatic rings. The maximum absolute atomic E-state index is 7.99. The zero-order valence-electron chi connectivity index (χ0n) is 9.16. The second-order valence-electron chi connectivity index (χ2n) is 3.22. The molecule has 0 unspecified atom stereocenters. The van der Waals surface area contributed by atoms with Gasteiger partial charge in [-0.2, -0.15) is 0 Å². The highest BCUT2D eigenvalue weighted by Crippen LogP contribution is 2.04. The van der Waals surface area contributed by atoms with Crippen molar-refractivity contribution in [2.75, 3.05) is 13.1 Å². The lowest BCUT2D eigenvalue weighted by atomic mass is 10.1. The molecule has 0 saturated carbocycles. The first-order valence-electron chi connectivity index (χ1n) is 5.14. The van der Waals surface area contributed by atoms with Gasteiger partial charge in [-0.15, -0.1) is 0 Å². The molecule has 2 nitrogen and oxygen atoms in total. The molecule has 1 aromatic carbocycles. The number of benzene rings is 1. The highest BCUT2D eigenvalue weighted by Gasteiger charge is 2.12. The van der Waals surface area contributed by atoms with E-state index in [4.69, 9.17) is 17.6 Å². The molecule has 0 spiro atoms. The maximum Gasteiger partial charge on any atom is 0.127 e. The van der Waals surface area contributed by atoms with Crippen LogP contribution in [0.2, 0.25) is 0 Å². The zero-order chi connectivity index (χ0) is 11.3. The van der Waals surface area contributed by atoms with Gasteiger partial charge in [0.1, 0.15) is 4.99 Å². The van der Waals surface area contributed by atoms with Crippen molar-refractivity contribution in [3.05, 3.63) is 35.9 Å². The summed E-state index contributed by atoms with van der Waals surface area (Å²) in [6, 6.07) is 9.62. The van der Waals surface area contributed by atoms with Crippen molar-refractivity contribution in [1.29, 1.82) is 5.41 Å². The average molecular weight is 220 g/mol. The van der Waals surface area contributed by atoms with Gasteiger partial charge in [0.15, 0.2) is 0 Å². The monoisotopic (exact) mass is 220 g/mol. The van der Waals surface area contributed by atoms with E-state index < -0.39 is 0 Å². The van der Waals surface area contributed by atoms with E-state index in [0.717, 1.165) is 18.7 Å². The Morgan fingerprint density at radius 2 is 1.73 bits per heavy atom. The SMILES string of the molecule is CCN(CC)C(=S)C(=N)c1ccccc1. The number of hydrogen-bond acceptors (Lipinski definition) is 2. The van der Waals surface area contributed by atoms with Crippen LogP contribution in [0.3, 0.4) is 0 Å². The second kappa shape index (κ2) is 5.61. The first kappa shape index (κ1) is 11.9. The van der Waals surface area contributed by atoms with E-state index in [1.807, 2.05) is 49.1 Å². The minimum atomic E-state index is 0.439. The fourth-order valence-corrected chi connectivity index (χ4v) is 1.77. The van der Waals surface area contributed by atoms with Crippen molar-refractivity contribution in [2.24, 2.45) is 0 Å². The van der Waals surface area contributed by atoms with Gasteiger partial charge in [-0.3, -0.25) is 5.41 Å². The van der Waals surface area contributed by atoms with Gasteiger partial charge in [0.25, 0.3) is 0 Å². The molecule has 0 aliphatic rings. The molecule has 15 heavy (non-hydrogen) atoms. The number of rotatable bonds is 4. The Kier molecular flexibility index (Phi) is 4.43. The first-order valence-corrected chi connectivity index (χ1v) is 5.54. The van der Waals surface area contributed by atoms with Gasteiger partial charge in [-0.05, 0) is 13.8 Å². The Morgan fingerprint density at radius 3 is 2.20 bits per heavy atom. The Balaban J connectivity index is 2.82. The van der Waals surface area contributed by atoms with Gasteiger partial charge in [0, 0.05) is 18.7 Å². The quantitative estimate of drug-likeness (QED) is 0.624. The molecule has 80 valence electrons. The van der Waals surface area contributed by atoms with Crippen LogP contribution in [0.15, 0.2) is 30.3 Å². The van der Waals surface area contributed by atoms with Crippen molar-refractivity contribution in [2.45, 2.75) is 13.8 Å². The summed E-state index contributed by atoms with van der Waals surface area (Å²) in [7, 11) is 0. The van der Waals surface area contributed by atoms with Gasteiger partial charge >= 0.3 is 0 Å². The molecule has 0 fully saturated rings. The third-order valence-corrected chi connectivity index (χ3v) is 2.79. The van der Waals surface area contributed by atoms with Crippen molar-refractivity contribution in [3.63, 3.8) is 0 Å². The van der Waals surface area contributed by atoms with Gasteiger partial charge in [0.05, 0.1) is 5.71 Å². The summed E-state index contributed by atoms with van der Waals surface area (Å²) < 4.78 is 0. The van der Waals surface area contributed by atoms with Crippen LogP contribution in [-0.2, 0) is 0 Å². The second-order valence-corrected chi connectivity index (χ2v) is 3.61. The summed E-state index contributed by atoms with van der Waals surface area (Å²) in [6.07, 6.45) is 0. The number of nitrogens with zero attached hydrogens (tertiary/aromatic N) is 1. The molecule has 1 N–H and O–H groups in total. The number of thiocarbonyl (C=S) groups is 1. The molecule has 0 atom stereocenters. The summed E-state index contributed by atoms with van der Waals surface area (Å²) in [5.41, 5.74) is 1.32. The van der Waals surface area contributed by atoms with Gasteiger partial charge in [-0.25, -0.2) is 0 Å². The zero-order valence-corrected chi connectivity index (χ0v) is 9.97. The van der Waals surface area contributed by atoms with Crippen molar-refractivity contribution in [3.8, 4) is 0 Å². The smallest absolute Gasteiger partial charge is 0.127 e. The topological polar surface area (TPSA) is 27.1 Å². The highest BCUT2D eigenvalue weighted by atomic mass is 32.1. The molecule has 0 aliphatic carbocycles. The lowest BCUT2D eigenvalue weighted by Crippen LogP contribution is -2.34. The lowest BCUT2D eigenvalue weighted by Gasteiger charge is -2.22. The highest BCUT2D eigenvalue weighted by molar-refractivity contribution is 7.82. The van der Waals surface area contributed by atoms with E-state index in [1.165, 1.54) is 0 Å². The Labute approximate surface area is 96.4 Å². The van der Waals surface area contributed by atoms with Crippen molar-refractivity contribution >= 4 is 22.9 Å². The van der Waals surface area contributed by atoms with Crippen LogP contribution in [0.4, 0.5) is 0 Å². The normalized spacial score (nSPS) is 9.73. The fraction of sp³-hybridized carbons (Fsp3) is 0.333. The summed E-state index contributed by atoms with van der Waals surface area (Å²) in [6.45, 7) is 5.80. The largest absolute Gasteiger partial charge is 0.362 e.